The number of aromatic nitrogens is 3. The molecule has 15 nitrogen and oxygen atoms in total. The maximum Gasteiger partial charge on any atom is 0.418 e. The Labute approximate surface area is 264 Å². The van der Waals surface area contributed by atoms with Crippen LogP contribution in [-0.4, -0.2) is 69.5 Å². The Morgan fingerprint density at radius 1 is 1.36 bits per heavy atom. The van der Waals surface area contributed by atoms with Crippen molar-refractivity contribution < 1.29 is 41.1 Å². The number of benzene rings is 1. The lowest BCUT2D eigenvalue weighted by Gasteiger charge is -2.50. The van der Waals surface area contributed by atoms with Gasteiger partial charge in [0.15, 0.2) is 24.5 Å². The van der Waals surface area contributed by atoms with Crippen LogP contribution in [0.1, 0.15) is 51.3 Å². The third-order valence-corrected chi connectivity index (χ3v) is 8.71. The zero-order chi connectivity index (χ0) is 32.5. The number of aryl methyl sites for hydroxylation is 3. The van der Waals surface area contributed by atoms with Crippen molar-refractivity contribution in [3.05, 3.63) is 47.2 Å². The number of anilines is 1. The highest BCUT2D eigenvalue weighted by Crippen LogP contribution is 2.34. The third kappa shape index (κ3) is 7.11. The molecule has 5 rings (SSSR count). The molecule has 0 spiro atoms. The van der Waals surface area contributed by atoms with E-state index in [9.17, 15) is 18.0 Å². The second kappa shape index (κ2) is 12.7. The SMILES string of the molecule is CCCCn1cc(-c2ccc3c(c2)CC[C@@H](CO/N=C(\C(=O)N[C@@H]2C(=O)N(OS(=O)(=O)O)C2(C)C)c2csc(N)n2)O3)c[n+]1C. The lowest BCUT2D eigenvalue weighted by atomic mass is 9.84. The summed E-state index contributed by atoms with van der Waals surface area (Å²) < 4.78 is 46.0. The first-order valence-electron chi connectivity index (χ1n) is 14.4. The Kier molecular flexibility index (Phi) is 9.16. The molecule has 0 aliphatic carbocycles. The van der Waals surface area contributed by atoms with Gasteiger partial charge in [-0.2, -0.15) is 18.2 Å². The van der Waals surface area contributed by atoms with Gasteiger partial charge in [0, 0.05) is 5.38 Å². The Morgan fingerprint density at radius 2 is 2.13 bits per heavy atom. The number of ether oxygens (including phenoxy) is 1. The maximum absolute atomic E-state index is 13.2. The highest BCUT2D eigenvalue weighted by molar-refractivity contribution is 7.80. The standard InChI is InChI=1S/C28H35N7O8S2/c1-5-6-11-34-14-19(13-33(34)4)17-8-10-22-18(12-17)7-9-20(42-22)15-41-32-23(21-16-44-27(29)30-21)25(36)31-24-26(37)35(28(24,2)3)43-45(38,39)40/h8,10,12-14,16,20,24H,5-7,9,11,15H2,1-4H3,(H3-,29,30,31,36,38,39,40)/p+1/b32-23-/t20-,24+/m0/s1. The van der Waals surface area contributed by atoms with Crippen LogP contribution in [0.25, 0.3) is 11.1 Å². The first kappa shape index (κ1) is 32.3. The van der Waals surface area contributed by atoms with E-state index in [1.54, 1.807) is 0 Å². The Hall–Kier alpha value is -4.06. The van der Waals surface area contributed by atoms with Crippen molar-refractivity contribution in [2.75, 3.05) is 12.3 Å². The molecule has 2 atom stereocenters. The van der Waals surface area contributed by atoms with Crippen molar-refractivity contribution in [2.24, 2.45) is 12.2 Å². The number of nitrogens with two attached hydrogens (primary N) is 1. The normalized spacial score (nSPS) is 19.4. The molecular weight excluding hydrogens is 626 g/mol. The van der Waals surface area contributed by atoms with Crippen LogP contribution < -0.4 is 20.5 Å². The monoisotopic (exact) mass is 662 g/mol. The molecule has 17 heteroatoms. The molecule has 0 bridgehead atoms. The number of unbranched alkanes of at least 4 members (excludes halogenated alkanes) is 1. The summed E-state index contributed by atoms with van der Waals surface area (Å²) in [6, 6.07) is 4.94. The van der Waals surface area contributed by atoms with Gasteiger partial charge in [-0.15, -0.1) is 20.3 Å². The first-order chi connectivity index (χ1) is 21.3. The number of fused-ring (bicyclic) bond motifs is 1. The summed E-state index contributed by atoms with van der Waals surface area (Å²) in [5, 5.41) is 8.70. The number of nitrogens with zero attached hydrogens (tertiary/aromatic N) is 5. The number of nitrogen functional groups attached to an aromatic ring is 1. The topological polar surface area (TPSA) is 192 Å². The van der Waals surface area contributed by atoms with Gasteiger partial charge in [-0.1, -0.05) is 24.6 Å². The summed E-state index contributed by atoms with van der Waals surface area (Å²) in [6.45, 7) is 6.07. The summed E-state index contributed by atoms with van der Waals surface area (Å²) in [5.41, 5.74) is 7.69. The van der Waals surface area contributed by atoms with Crippen LogP contribution in [0.5, 0.6) is 5.75 Å². The number of nitrogens with one attached hydrogen (secondary N) is 1. The Bertz CT molecular complexity index is 1730. The molecule has 2 amide bonds. The molecule has 242 valence electrons. The van der Waals surface area contributed by atoms with E-state index in [1.165, 1.54) is 19.2 Å². The number of hydrogen-bond donors (Lipinski definition) is 3. The number of rotatable bonds is 12. The largest absolute Gasteiger partial charge is 0.486 e. The molecule has 0 radical (unpaired) electrons. The van der Waals surface area contributed by atoms with Crippen molar-refractivity contribution in [1.29, 1.82) is 0 Å². The minimum absolute atomic E-state index is 0.0392. The van der Waals surface area contributed by atoms with Crippen LogP contribution in [0, 0.1) is 0 Å². The molecule has 2 aliphatic heterocycles. The van der Waals surface area contributed by atoms with Gasteiger partial charge in [-0.3, -0.25) is 14.1 Å². The zero-order valence-corrected chi connectivity index (χ0v) is 26.9. The molecule has 45 heavy (non-hydrogen) atoms. The summed E-state index contributed by atoms with van der Waals surface area (Å²) in [5.74, 6) is -0.938. The minimum atomic E-state index is -4.94. The maximum atomic E-state index is 13.2. The molecule has 4 N–H and O–H groups in total. The molecular formula is C28H36N7O8S2+. The van der Waals surface area contributed by atoms with Crippen molar-refractivity contribution >= 4 is 44.4 Å². The van der Waals surface area contributed by atoms with Gasteiger partial charge >= 0.3 is 10.4 Å². The highest BCUT2D eigenvalue weighted by atomic mass is 32.3. The minimum Gasteiger partial charge on any atom is -0.486 e. The van der Waals surface area contributed by atoms with Crippen LogP contribution in [-0.2, 0) is 49.1 Å². The van der Waals surface area contributed by atoms with E-state index in [4.69, 9.17) is 19.9 Å². The Balaban J connectivity index is 1.23. The molecule has 0 saturated carbocycles. The van der Waals surface area contributed by atoms with Crippen LogP contribution in [0.15, 0.2) is 41.1 Å². The number of β-lactam (4-membered cyclic amide) rings is 1. The number of hydrogen-bond acceptors (Lipinski definition) is 11. The van der Waals surface area contributed by atoms with Gasteiger partial charge in [0.05, 0.1) is 23.8 Å². The summed E-state index contributed by atoms with van der Waals surface area (Å²) in [6.07, 6.45) is 7.61. The molecule has 3 aromatic rings. The fourth-order valence-electron chi connectivity index (χ4n) is 5.20. The highest BCUT2D eigenvalue weighted by Gasteiger charge is 2.58. The fraction of sp³-hybridized carbons (Fsp3) is 0.464. The zero-order valence-electron chi connectivity index (χ0n) is 25.3. The van der Waals surface area contributed by atoms with Gasteiger partial charge in [-0.25, -0.2) is 4.98 Å². The second-order valence-corrected chi connectivity index (χ2v) is 13.3. The van der Waals surface area contributed by atoms with Gasteiger partial charge in [0.1, 0.15) is 23.6 Å². The number of oxime groups is 1. The van der Waals surface area contributed by atoms with Crippen LogP contribution in [0.2, 0.25) is 0 Å². The summed E-state index contributed by atoms with van der Waals surface area (Å²) in [4.78, 5) is 35.4. The predicted octanol–water partition coefficient (Wildman–Crippen LogP) is 1.77. The van der Waals surface area contributed by atoms with Crippen molar-refractivity contribution in [1.82, 2.24) is 20.0 Å². The van der Waals surface area contributed by atoms with Gasteiger partial charge in [0.25, 0.3) is 11.8 Å². The van der Waals surface area contributed by atoms with Crippen molar-refractivity contribution in [2.45, 2.75) is 70.7 Å². The quantitative estimate of drug-likeness (QED) is 0.0847. The average Bonchev–Trinajstić information content (AvgIpc) is 3.59. The molecule has 1 aromatic carbocycles. The number of carbonyl (C=O) groups is 2. The number of hydroxylamine groups is 2. The fourth-order valence-corrected chi connectivity index (χ4v) is 6.20. The first-order valence-corrected chi connectivity index (χ1v) is 16.6. The van der Waals surface area contributed by atoms with E-state index in [1.807, 2.05) is 19.2 Å². The van der Waals surface area contributed by atoms with Crippen LogP contribution in [0.4, 0.5) is 5.13 Å². The molecule has 1 saturated heterocycles. The second-order valence-electron chi connectivity index (χ2n) is 11.4. The lowest BCUT2D eigenvalue weighted by molar-refractivity contribution is -0.753. The molecule has 4 heterocycles. The Morgan fingerprint density at radius 3 is 2.80 bits per heavy atom. The average molecular weight is 663 g/mol. The summed E-state index contributed by atoms with van der Waals surface area (Å²) >= 11 is 1.09. The molecule has 1 fully saturated rings. The van der Waals surface area contributed by atoms with E-state index in [-0.39, 0.29) is 29.2 Å². The number of thiazole rings is 1. The van der Waals surface area contributed by atoms with Crippen LogP contribution in [0.3, 0.4) is 0 Å². The van der Waals surface area contributed by atoms with E-state index in [0.717, 1.165) is 59.6 Å². The molecule has 2 aliphatic rings. The summed E-state index contributed by atoms with van der Waals surface area (Å²) in [7, 11) is -2.91. The van der Waals surface area contributed by atoms with Gasteiger partial charge < -0.3 is 20.6 Å². The predicted molar refractivity (Wildman–Crippen MR) is 163 cm³/mol. The van der Waals surface area contributed by atoms with Crippen molar-refractivity contribution in [3.8, 4) is 16.9 Å². The van der Waals surface area contributed by atoms with E-state index >= 15 is 0 Å². The van der Waals surface area contributed by atoms with Gasteiger partial charge in [-0.05, 0) is 56.4 Å². The molecule has 2 aromatic heterocycles. The molecule has 0 unspecified atom stereocenters. The smallest absolute Gasteiger partial charge is 0.418 e. The van der Waals surface area contributed by atoms with E-state index < -0.39 is 33.8 Å². The third-order valence-electron chi connectivity index (χ3n) is 7.70. The van der Waals surface area contributed by atoms with Crippen molar-refractivity contribution in [3.63, 3.8) is 0 Å². The number of carbonyl (C=O) groups excluding carboxylic acids is 2. The van der Waals surface area contributed by atoms with Crippen LogP contribution >= 0.6 is 11.3 Å². The number of amides is 2. The lowest BCUT2D eigenvalue weighted by Crippen LogP contribution is -2.76. The van der Waals surface area contributed by atoms with E-state index in [2.05, 4.69) is 54.5 Å². The van der Waals surface area contributed by atoms with E-state index in [0.29, 0.717) is 11.5 Å². The van der Waals surface area contributed by atoms with Gasteiger partial charge in [0.2, 0.25) is 6.20 Å².